The Labute approximate surface area is 200 Å². The van der Waals surface area contributed by atoms with E-state index in [0.29, 0.717) is 10.7 Å². The first-order valence-corrected chi connectivity index (χ1v) is 11.9. The third-order valence-electron chi connectivity index (χ3n) is 5.85. The van der Waals surface area contributed by atoms with Crippen LogP contribution < -0.4 is 15.5 Å². The lowest BCUT2D eigenvalue weighted by molar-refractivity contribution is -0.115. The van der Waals surface area contributed by atoms with Crippen LogP contribution in [0, 0.1) is 6.92 Å². The molecule has 174 valence electrons. The van der Waals surface area contributed by atoms with Crippen LogP contribution in [0.2, 0.25) is 0 Å². The first-order valence-electron chi connectivity index (χ1n) is 11.1. The Morgan fingerprint density at radius 1 is 1.09 bits per heavy atom. The van der Waals surface area contributed by atoms with E-state index in [4.69, 9.17) is 4.74 Å². The number of H-pyrrole nitrogens is 1. The van der Waals surface area contributed by atoms with Gasteiger partial charge in [-0.25, -0.2) is 0 Å². The number of amides is 2. The third-order valence-corrected chi connectivity index (χ3v) is 6.89. The number of carbonyl (C=O) groups excluding carboxylic acids is 2. The van der Waals surface area contributed by atoms with Gasteiger partial charge in [-0.1, -0.05) is 24.3 Å². The maximum atomic E-state index is 12.8. The van der Waals surface area contributed by atoms with Gasteiger partial charge in [0, 0.05) is 24.5 Å². The summed E-state index contributed by atoms with van der Waals surface area (Å²) < 4.78 is 5.40. The summed E-state index contributed by atoms with van der Waals surface area (Å²) in [6, 6.07) is 17.4. The number of rotatable bonds is 6. The lowest BCUT2D eigenvalue weighted by Gasteiger charge is -2.28. The quantitative estimate of drug-likeness (QED) is 0.388. The molecule has 5 rings (SSSR count). The van der Waals surface area contributed by atoms with Crippen molar-refractivity contribution in [2.45, 2.75) is 13.3 Å². The summed E-state index contributed by atoms with van der Waals surface area (Å²) in [5.74, 6) is 0.0740. The van der Waals surface area contributed by atoms with Crippen molar-refractivity contribution in [2.24, 2.45) is 0 Å². The van der Waals surface area contributed by atoms with E-state index in [0.717, 1.165) is 59.0 Å². The average molecular weight is 476 g/mol. The fraction of sp³-hybridized carbons (Fsp3) is 0.240. The predicted molar refractivity (Wildman–Crippen MR) is 135 cm³/mol. The van der Waals surface area contributed by atoms with Crippen LogP contribution in [0.4, 0.5) is 17.2 Å². The molecular weight excluding hydrogens is 450 g/mol. The van der Waals surface area contributed by atoms with Crippen molar-refractivity contribution < 1.29 is 14.3 Å². The lowest BCUT2D eigenvalue weighted by atomic mass is 10.1. The van der Waals surface area contributed by atoms with Crippen molar-refractivity contribution in [3.05, 3.63) is 70.6 Å². The molecule has 0 radical (unpaired) electrons. The number of ether oxygens (including phenoxy) is 1. The van der Waals surface area contributed by atoms with Crippen LogP contribution in [0.3, 0.4) is 0 Å². The van der Waals surface area contributed by atoms with Crippen molar-refractivity contribution in [2.75, 3.05) is 41.8 Å². The van der Waals surface area contributed by atoms with Gasteiger partial charge >= 0.3 is 0 Å². The monoisotopic (exact) mass is 475 g/mol. The molecule has 34 heavy (non-hydrogen) atoms. The van der Waals surface area contributed by atoms with Gasteiger partial charge in [-0.3, -0.25) is 14.7 Å². The van der Waals surface area contributed by atoms with Gasteiger partial charge < -0.3 is 20.3 Å². The second-order valence-corrected chi connectivity index (χ2v) is 9.23. The number of thiophene rings is 1. The number of hydrogen-bond donors (Lipinski definition) is 3. The molecule has 2 aromatic carbocycles. The number of aryl methyl sites for hydroxylation is 1. The zero-order chi connectivity index (χ0) is 23.5. The van der Waals surface area contributed by atoms with Gasteiger partial charge in [0.25, 0.3) is 5.91 Å². The van der Waals surface area contributed by atoms with Crippen LogP contribution in [0.15, 0.2) is 54.6 Å². The molecule has 0 saturated carbocycles. The third kappa shape index (κ3) is 4.80. The molecule has 1 saturated heterocycles. The molecule has 0 atom stereocenters. The molecule has 9 heteroatoms. The number of aromatic nitrogens is 2. The number of nitrogens with one attached hydrogen (secondary N) is 3. The standard InChI is InChI=1S/C25H25N5O3S/c1-16-4-2-3-5-17(16)14-22(31)27-23-20-15-21(34-25(20)29-28-23)24(32)26-18-6-8-19(9-7-18)30-10-12-33-13-11-30/h2-9,15H,10-14H2,1H3,(H,26,32)(H2,27,28,29,31). The van der Waals surface area contributed by atoms with Crippen molar-refractivity contribution in [1.82, 2.24) is 10.2 Å². The second kappa shape index (κ2) is 9.66. The minimum absolute atomic E-state index is 0.153. The van der Waals surface area contributed by atoms with E-state index in [1.54, 1.807) is 6.07 Å². The van der Waals surface area contributed by atoms with E-state index in [2.05, 4.69) is 25.7 Å². The summed E-state index contributed by atoms with van der Waals surface area (Å²) in [4.78, 5) is 28.9. The van der Waals surface area contributed by atoms with Gasteiger partial charge in [-0.05, 0) is 48.4 Å². The molecule has 8 nitrogen and oxygen atoms in total. The zero-order valence-corrected chi connectivity index (χ0v) is 19.6. The summed E-state index contributed by atoms with van der Waals surface area (Å²) in [6.07, 6.45) is 0.263. The van der Waals surface area contributed by atoms with Crippen molar-refractivity contribution in [3.8, 4) is 0 Å². The van der Waals surface area contributed by atoms with Crippen molar-refractivity contribution in [3.63, 3.8) is 0 Å². The highest BCUT2D eigenvalue weighted by Gasteiger charge is 2.17. The Hall–Kier alpha value is -3.69. The van der Waals surface area contributed by atoms with Crippen LogP contribution >= 0.6 is 11.3 Å². The first kappa shape index (κ1) is 22.1. The van der Waals surface area contributed by atoms with E-state index in [1.165, 1.54) is 11.3 Å². The number of fused-ring (bicyclic) bond motifs is 1. The Morgan fingerprint density at radius 3 is 2.62 bits per heavy atom. The molecule has 3 heterocycles. The van der Waals surface area contributed by atoms with Gasteiger partial charge in [-0.2, -0.15) is 5.10 Å². The minimum Gasteiger partial charge on any atom is -0.378 e. The van der Waals surface area contributed by atoms with Crippen LogP contribution in [-0.4, -0.2) is 48.3 Å². The average Bonchev–Trinajstić information content (AvgIpc) is 3.44. The number of morpholine rings is 1. The normalized spacial score (nSPS) is 13.7. The molecule has 1 aliphatic heterocycles. The van der Waals surface area contributed by atoms with Gasteiger partial charge in [-0.15, -0.1) is 11.3 Å². The molecule has 2 amide bonds. The van der Waals surface area contributed by atoms with E-state index in [9.17, 15) is 9.59 Å². The number of nitrogens with zero attached hydrogens (tertiary/aromatic N) is 2. The molecule has 3 N–H and O–H groups in total. The molecule has 0 aliphatic carbocycles. The van der Waals surface area contributed by atoms with Gasteiger partial charge in [0.1, 0.15) is 4.83 Å². The van der Waals surface area contributed by atoms with E-state index < -0.39 is 0 Å². The highest BCUT2D eigenvalue weighted by molar-refractivity contribution is 7.20. The fourth-order valence-corrected chi connectivity index (χ4v) is 4.85. The molecular formula is C25H25N5O3S. The Morgan fingerprint density at radius 2 is 1.85 bits per heavy atom. The van der Waals surface area contributed by atoms with Crippen molar-refractivity contribution >= 4 is 50.6 Å². The van der Waals surface area contributed by atoms with Crippen LogP contribution in [0.1, 0.15) is 20.8 Å². The fourth-order valence-electron chi connectivity index (χ4n) is 3.95. The highest BCUT2D eigenvalue weighted by atomic mass is 32.1. The summed E-state index contributed by atoms with van der Waals surface area (Å²) in [7, 11) is 0. The zero-order valence-electron chi connectivity index (χ0n) is 18.8. The summed E-state index contributed by atoms with van der Waals surface area (Å²) in [5, 5.41) is 13.6. The lowest BCUT2D eigenvalue weighted by Crippen LogP contribution is -2.36. The number of aromatic amines is 1. The number of carbonyl (C=O) groups is 2. The molecule has 1 aliphatic rings. The second-order valence-electron chi connectivity index (χ2n) is 8.18. The number of benzene rings is 2. The molecule has 0 spiro atoms. The summed E-state index contributed by atoms with van der Waals surface area (Å²) in [5.41, 5.74) is 3.88. The van der Waals surface area contributed by atoms with Crippen LogP contribution in [0.25, 0.3) is 10.2 Å². The van der Waals surface area contributed by atoms with Crippen LogP contribution in [0.5, 0.6) is 0 Å². The molecule has 4 aromatic rings. The van der Waals surface area contributed by atoms with Crippen molar-refractivity contribution in [1.29, 1.82) is 0 Å². The predicted octanol–water partition coefficient (Wildman–Crippen LogP) is 4.20. The molecule has 2 aromatic heterocycles. The summed E-state index contributed by atoms with van der Waals surface area (Å²) in [6.45, 7) is 5.17. The molecule has 0 unspecified atom stereocenters. The number of hydrogen-bond acceptors (Lipinski definition) is 6. The van der Waals surface area contributed by atoms with Gasteiger partial charge in [0.2, 0.25) is 5.91 Å². The smallest absolute Gasteiger partial charge is 0.265 e. The minimum atomic E-state index is -0.203. The van der Waals surface area contributed by atoms with Gasteiger partial charge in [0.15, 0.2) is 5.82 Å². The van der Waals surface area contributed by atoms with Crippen LogP contribution in [-0.2, 0) is 16.0 Å². The van der Waals surface area contributed by atoms with E-state index in [1.807, 2.05) is 55.5 Å². The topological polar surface area (TPSA) is 99.3 Å². The van der Waals surface area contributed by atoms with Gasteiger partial charge in [0.05, 0.1) is 29.9 Å². The Kier molecular flexibility index (Phi) is 6.29. The SMILES string of the molecule is Cc1ccccc1CC(=O)Nc1n[nH]c2sc(C(=O)Nc3ccc(N4CCOCC4)cc3)cc12. The largest absolute Gasteiger partial charge is 0.378 e. The molecule has 1 fully saturated rings. The number of anilines is 3. The molecule has 0 bridgehead atoms. The maximum Gasteiger partial charge on any atom is 0.265 e. The Balaban J connectivity index is 1.24. The first-order chi connectivity index (χ1) is 16.6. The van der Waals surface area contributed by atoms with E-state index in [-0.39, 0.29) is 18.2 Å². The highest BCUT2D eigenvalue weighted by Crippen LogP contribution is 2.30. The summed E-state index contributed by atoms with van der Waals surface area (Å²) >= 11 is 1.30. The van der Waals surface area contributed by atoms with E-state index >= 15 is 0 Å². The maximum absolute atomic E-state index is 12.8. The Bertz CT molecular complexity index is 1320.